The molecule has 0 atom stereocenters. The van der Waals surface area contributed by atoms with Gasteiger partial charge in [0.25, 0.3) is 0 Å². The predicted molar refractivity (Wildman–Crippen MR) is 53.9 cm³/mol. The largest absolute Gasteiger partial charge is 0.480 e. The molecule has 1 fully saturated rings. The molecule has 7 heteroatoms. The minimum atomic E-state index is -1.06. The summed E-state index contributed by atoms with van der Waals surface area (Å²) in [5, 5.41) is 24.6. The molecule has 0 aromatic carbocycles. The molecule has 0 aromatic heterocycles. The molecule has 1 rings (SSSR count). The summed E-state index contributed by atoms with van der Waals surface area (Å²) in [7, 11) is 0. The van der Waals surface area contributed by atoms with E-state index in [4.69, 9.17) is 10.2 Å². The summed E-state index contributed by atoms with van der Waals surface area (Å²) in [4.78, 5) is 19.5. The Bertz CT molecular complexity index is 169. The van der Waals surface area contributed by atoms with E-state index in [9.17, 15) is 9.59 Å². The normalized spacial score (nSPS) is 14.9. The molecule has 1 aliphatic rings. The maximum absolute atomic E-state index is 9.73. The zero-order valence-electron chi connectivity index (χ0n) is 8.45. The first kappa shape index (κ1) is 13.8. The van der Waals surface area contributed by atoms with Crippen molar-refractivity contribution in [2.45, 2.75) is 0 Å². The number of carboxylic acids is 2. The van der Waals surface area contributed by atoms with E-state index in [2.05, 4.69) is 16.0 Å². The van der Waals surface area contributed by atoms with Crippen molar-refractivity contribution in [2.75, 3.05) is 39.3 Å². The highest BCUT2D eigenvalue weighted by Gasteiger charge is 1.97. The topological polar surface area (TPSA) is 111 Å². The number of carbonyl (C=O) groups is 2. The number of nitrogens with one attached hydrogen (secondary N) is 3. The van der Waals surface area contributed by atoms with Gasteiger partial charge in [0.1, 0.15) is 0 Å². The number of hydrogen-bond acceptors (Lipinski definition) is 5. The van der Waals surface area contributed by atoms with Crippen molar-refractivity contribution in [2.24, 2.45) is 0 Å². The maximum Gasteiger partial charge on any atom is 0.317 e. The Labute approximate surface area is 87.9 Å². The van der Waals surface area contributed by atoms with E-state index in [0.717, 1.165) is 26.2 Å². The van der Waals surface area contributed by atoms with Crippen molar-refractivity contribution >= 4 is 11.9 Å². The standard InChI is InChI=1S/C4H10N2.C4H7NO4/c1-2-6-4-3-5-1;6-3(7)1-5-2-4(8)9/h5-6H,1-4H2;5H,1-2H2,(H,6,7)(H,8,9). The third kappa shape index (κ3) is 12.8. The minimum Gasteiger partial charge on any atom is -0.480 e. The van der Waals surface area contributed by atoms with Crippen molar-refractivity contribution < 1.29 is 19.8 Å². The summed E-state index contributed by atoms with van der Waals surface area (Å²) in [6.45, 7) is 3.93. The highest BCUT2D eigenvalue weighted by molar-refractivity contribution is 5.72. The van der Waals surface area contributed by atoms with Gasteiger partial charge in [0.2, 0.25) is 0 Å². The highest BCUT2D eigenvalue weighted by atomic mass is 16.4. The molecule has 1 aliphatic heterocycles. The molecule has 7 nitrogen and oxygen atoms in total. The Hall–Kier alpha value is -1.18. The fraction of sp³-hybridized carbons (Fsp3) is 0.750. The van der Waals surface area contributed by atoms with Gasteiger partial charge in [-0.3, -0.25) is 14.9 Å². The Morgan fingerprint density at radius 2 is 1.27 bits per heavy atom. The molecule has 0 spiro atoms. The number of aliphatic carboxylic acids is 2. The van der Waals surface area contributed by atoms with E-state index in [0.29, 0.717) is 0 Å². The van der Waals surface area contributed by atoms with Gasteiger partial charge >= 0.3 is 11.9 Å². The lowest BCUT2D eigenvalue weighted by molar-refractivity contribution is -0.137. The Morgan fingerprint density at radius 1 is 0.933 bits per heavy atom. The van der Waals surface area contributed by atoms with Gasteiger partial charge in [-0.05, 0) is 0 Å². The molecule has 0 aliphatic carbocycles. The third-order valence-corrected chi connectivity index (χ3v) is 1.51. The average Bonchev–Trinajstić information content (AvgIpc) is 2.20. The van der Waals surface area contributed by atoms with Crippen LogP contribution in [0.4, 0.5) is 0 Å². The summed E-state index contributed by atoms with van der Waals surface area (Å²) >= 11 is 0. The van der Waals surface area contributed by atoms with Crippen LogP contribution in [0.5, 0.6) is 0 Å². The lowest BCUT2D eigenvalue weighted by Gasteiger charge is -2.11. The summed E-state index contributed by atoms with van der Waals surface area (Å²) in [6, 6.07) is 0. The van der Waals surface area contributed by atoms with Gasteiger partial charge in [0, 0.05) is 26.2 Å². The monoisotopic (exact) mass is 219 g/mol. The van der Waals surface area contributed by atoms with Crippen LogP contribution in [0.1, 0.15) is 0 Å². The lowest BCUT2D eigenvalue weighted by Crippen LogP contribution is -2.39. The summed E-state index contributed by atoms with van der Waals surface area (Å²) in [5.74, 6) is -2.12. The smallest absolute Gasteiger partial charge is 0.317 e. The Morgan fingerprint density at radius 3 is 1.47 bits per heavy atom. The summed E-state index contributed by atoms with van der Waals surface area (Å²) in [5.41, 5.74) is 0. The van der Waals surface area contributed by atoms with Crippen molar-refractivity contribution in [1.29, 1.82) is 0 Å². The lowest BCUT2D eigenvalue weighted by atomic mass is 10.4. The molecule has 0 amide bonds. The second-order valence-electron chi connectivity index (χ2n) is 2.89. The molecule has 0 bridgehead atoms. The second kappa shape index (κ2) is 9.38. The second-order valence-corrected chi connectivity index (χ2v) is 2.89. The Kier molecular flexibility index (Phi) is 8.64. The van der Waals surface area contributed by atoms with Gasteiger partial charge in [0.05, 0.1) is 13.1 Å². The van der Waals surface area contributed by atoms with Crippen LogP contribution < -0.4 is 16.0 Å². The van der Waals surface area contributed by atoms with Crippen LogP contribution in [0, 0.1) is 0 Å². The van der Waals surface area contributed by atoms with E-state index >= 15 is 0 Å². The first-order valence-corrected chi connectivity index (χ1v) is 4.68. The van der Waals surface area contributed by atoms with Crippen molar-refractivity contribution in [3.63, 3.8) is 0 Å². The maximum atomic E-state index is 9.73. The molecule has 1 heterocycles. The first-order valence-electron chi connectivity index (χ1n) is 4.68. The van der Waals surface area contributed by atoms with E-state index < -0.39 is 11.9 Å². The molecule has 15 heavy (non-hydrogen) atoms. The van der Waals surface area contributed by atoms with Crippen LogP contribution in [-0.4, -0.2) is 61.4 Å². The van der Waals surface area contributed by atoms with Crippen LogP contribution in [-0.2, 0) is 9.59 Å². The van der Waals surface area contributed by atoms with E-state index in [1.165, 1.54) is 0 Å². The quantitative estimate of drug-likeness (QED) is 0.369. The van der Waals surface area contributed by atoms with Crippen LogP contribution in [0.3, 0.4) is 0 Å². The third-order valence-electron chi connectivity index (χ3n) is 1.51. The van der Waals surface area contributed by atoms with Gasteiger partial charge < -0.3 is 20.8 Å². The zero-order chi connectivity index (χ0) is 11.5. The minimum absolute atomic E-state index is 0.313. The molecule has 5 N–H and O–H groups in total. The van der Waals surface area contributed by atoms with Crippen molar-refractivity contribution in [3.8, 4) is 0 Å². The fourth-order valence-corrected chi connectivity index (χ4v) is 0.880. The molecular formula is C8H17N3O4. The predicted octanol–water partition coefficient (Wildman–Crippen LogP) is -2.08. The average molecular weight is 219 g/mol. The molecule has 1 saturated heterocycles. The van der Waals surface area contributed by atoms with Gasteiger partial charge in [-0.1, -0.05) is 0 Å². The molecular weight excluding hydrogens is 202 g/mol. The zero-order valence-corrected chi connectivity index (χ0v) is 8.45. The number of piperazine rings is 1. The molecule has 0 unspecified atom stereocenters. The Balaban J connectivity index is 0.000000280. The molecule has 88 valence electrons. The molecule has 0 radical (unpaired) electrons. The van der Waals surface area contributed by atoms with E-state index in [1.54, 1.807) is 0 Å². The summed E-state index contributed by atoms with van der Waals surface area (Å²) in [6.07, 6.45) is 0. The molecule has 0 saturated carbocycles. The number of carboxylic acid groups (broad SMARTS) is 2. The van der Waals surface area contributed by atoms with Crippen molar-refractivity contribution in [1.82, 2.24) is 16.0 Å². The fourth-order valence-electron chi connectivity index (χ4n) is 0.880. The number of hydrogen-bond donors (Lipinski definition) is 5. The van der Waals surface area contributed by atoms with Crippen LogP contribution in [0.2, 0.25) is 0 Å². The van der Waals surface area contributed by atoms with E-state index in [1.807, 2.05) is 0 Å². The van der Waals surface area contributed by atoms with Gasteiger partial charge in [-0.15, -0.1) is 0 Å². The van der Waals surface area contributed by atoms with Crippen LogP contribution in [0.15, 0.2) is 0 Å². The van der Waals surface area contributed by atoms with E-state index in [-0.39, 0.29) is 13.1 Å². The SMILES string of the molecule is C1CNCCN1.O=C(O)CNCC(=O)O. The van der Waals surface area contributed by atoms with Crippen molar-refractivity contribution in [3.05, 3.63) is 0 Å². The van der Waals surface area contributed by atoms with Gasteiger partial charge in [-0.2, -0.15) is 0 Å². The van der Waals surface area contributed by atoms with Crippen LogP contribution in [0.25, 0.3) is 0 Å². The van der Waals surface area contributed by atoms with Crippen LogP contribution >= 0.6 is 0 Å². The first-order chi connectivity index (χ1) is 7.13. The highest BCUT2D eigenvalue weighted by Crippen LogP contribution is 1.65. The molecule has 0 aromatic rings. The van der Waals surface area contributed by atoms with Gasteiger partial charge in [-0.25, -0.2) is 0 Å². The van der Waals surface area contributed by atoms with Gasteiger partial charge in [0.15, 0.2) is 0 Å². The summed E-state index contributed by atoms with van der Waals surface area (Å²) < 4.78 is 0. The number of rotatable bonds is 4.